The van der Waals surface area contributed by atoms with Crippen LogP contribution in [0.4, 0.5) is 9.59 Å². The number of likely N-dealkylation sites (tertiary alicyclic amines) is 2. The van der Waals surface area contributed by atoms with Crippen molar-refractivity contribution in [2.75, 3.05) is 39.3 Å². The Bertz CT molecular complexity index is 3780. The van der Waals surface area contributed by atoms with Crippen molar-refractivity contribution in [2.24, 2.45) is 62.9 Å². The van der Waals surface area contributed by atoms with E-state index in [1.54, 1.807) is 47.4 Å². The predicted molar refractivity (Wildman–Crippen MR) is 414 cm³/mol. The molecule has 2 saturated heterocycles. The van der Waals surface area contributed by atoms with Crippen LogP contribution in [0.15, 0.2) is 83.6 Å². The van der Waals surface area contributed by atoms with E-state index in [0.717, 1.165) is 76.2 Å². The Morgan fingerprint density at radius 2 is 0.954 bits per heavy atom. The van der Waals surface area contributed by atoms with Gasteiger partial charge in [-0.2, -0.15) is 8.61 Å². The first-order valence-electron chi connectivity index (χ1n) is 38.5. The van der Waals surface area contributed by atoms with Crippen LogP contribution >= 0.6 is 12.4 Å². The number of carbonyl (C=O) groups is 8. The second-order valence-corrected chi connectivity index (χ2v) is 37.9. The smallest absolute Gasteiger partial charge is 0.326 e. The van der Waals surface area contributed by atoms with Crippen LogP contribution in [0.3, 0.4) is 0 Å². The first-order valence-corrected chi connectivity index (χ1v) is 41.4. The number of aliphatic hydroxyl groups is 2. The van der Waals surface area contributed by atoms with Crippen molar-refractivity contribution in [3.05, 3.63) is 85.0 Å². The summed E-state index contributed by atoms with van der Waals surface area (Å²) in [6.45, 7) is 32.7. The SMILES string of the molecule is C=CCNC(=O)C(O)C(CCC)NC(=O)[C@@H]1[C@@H]2[C@H](CN1C(=O)[C@@H](NC(=O)N[C@H](CN1Cc3ccccc3S1(=O)=O)C(C)(C)C)C1CCCCC1)C2(C)C.C=CCNC(=O)C(O)C(N)CCC.CC(C)(C)[C@@H](CN1Cc2ccccc2S1(=O)=O)NC(=O)N[C@H](C(=O)N1C[C@H]2[C@@H]([C@H]1C(=O)O)C2(C)C)C1CCCCC1.Cl. The normalized spacial score (nSPS) is 25.1. The average molecular weight is 1570 g/mol. The lowest BCUT2D eigenvalue weighted by atomic mass is 9.83. The van der Waals surface area contributed by atoms with E-state index in [0.29, 0.717) is 49.4 Å². The molecule has 8 aliphatic rings. The Hall–Kier alpha value is -6.73. The van der Waals surface area contributed by atoms with Crippen LogP contribution < -0.4 is 43.0 Å². The van der Waals surface area contributed by atoms with Crippen LogP contribution in [-0.2, 0) is 61.9 Å². The number of piperidine rings is 2. The van der Waals surface area contributed by atoms with Crippen LogP contribution in [0.2, 0.25) is 0 Å². The van der Waals surface area contributed by atoms with Gasteiger partial charge in [0, 0.05) is 76.4 Å². The van der Waals surface area contributed by atoms with Crippen molar-refractivity contribution in [1.82, 2.24) is 55.6 Å². The van der Waals surface area contributed by atoms with Gasteiger partial charge in [0.25, 0.3) is 11.8 Å². The van der Waals surface area contributed by atoms with Gasteiger partial charge in [0.2, 0.25) is 37.8 Å². The number of nitrogens with zero attached hydrogens (tertiary/aromatic N) is 4. The third-order valence-electron chi connectivity index (χ3n) is 23.9. The molecular weight excluding hydrogens is 1440 g/mol. The number of fused-ring (bicyclic) bond motifs is 4. The summed E-state index contributed by atoms with van der Waals surface area (Å²) in [7, 11) is -7.42. The Balaban J connectivity index is 0.000000261. The lowest BCUT2D eigenvalue weighted by Crippen LogP contribution is -2.62. The number of nitrogens with two attached hydrogens (primary N) is 1. The molecule has 9 amide bonds. The summed E-state index contributed by atoms with van der Waals surface area (Å²) in [5.41, 5.74) is 5.70. The van der Waals surface area contributed by atoms with Crippen LogP contribution in [0.5, 0.6) is 0 Å². The molecule has 4 saturated carbocycles. The van der Waals surface area contributed by atoms with Gasteiger partial charge in [0.1, 0.15) is 30.3 Å². The number of carboxylic acid groups (broad SMARTS) is 1. The number of carboxylic acids is 1. The van der Waals surface area contributed by atoms with E-state index in [-0.39, 0.29) is 108 Å². The predicted octanol–water partition coefficient (Wildman–Crippen LogP) is 6.90. The fourth-order valence-electron chi connectivity index (χ4n) is 17.1. The maximum absolute atomic E-state index is 14.7. The first kappa shape index (κ1) is 88.5. The highest BCUT2D eigenvalue weighted by Gasteiger charge is 2.71. The lowest BCUT2D eigenvalue weighted by molar-refractivity contribution is -0.151. The van der Waals surface area contributed by atoms with Crippen LogP contribution in [0, 0.1) is 57.2 Å². The van der Waals surface area contributed by atoms with Gasteiger partial charge in [-0.25, -0.2) is 31.2 Å². The van der Waals surface area contributed by atoms with Gasteiger partial charge in [0.05, 0.1) is 15.8 Å². The molecule has 604 valence electrons. The lowest BCUT2D eigenvalue weighted by Gasteiger charge is -2.38. The van der Waals surface area contributed by atoms with Crippen molar-refractivity contribution in [2.45, 2.75) is 256 Å². The van der Waals surface area contributed by atoms with E-state index < -0.39 is 127 Å². The first-order chi connectivity index (χ1) is 50.2. The molecule has 0 radical (unpaired) electrons. The molecule has 2 aromatic rings. The van der Waals surface area contributed by atoms with Gasteiger partial charge in [-0.3, -0.25) is 24.0 Å². The number of amides is 9. The summed E-state index contributed by atoms with van der Waals surface area (Å²) in [5, 5.41) is 50.3. The van der Waals surface area contributed by atoms with Crippen LogP contribution in [-0.4, -0.2) is 198 Å². The average Bonchev–Trinajstić information content (AvgIpc) is 1.54. The van der Waals surface area contributed by atoms with Crippen molar-refractivity contribution in [1.29, 1.82) is 0 Å². The van der Waals surface area contributed by atoms with Gasteiger partial charge in [-0.05, 0) is 113 Å². The molecule has 4 unspecified atom stereocenters. The largest absolute Gasteiger partial charge is 0.480 e. The standard InChI is InChI=1S/C39H60N6O7S.C30H44N4O6S.C9H18N2O2.ClH/c1-8-15-27(33(46)35(48)40-20-9-2)41-34(47)32-30-26(39(30,6)7)22-45(32)36(49)31(24-16-11-10-12-17-24)43-37(50)42-29(38(3,4)5)23-44-21-25-18-13-14-19-28(25)53(44,51)52;1-29(2,3)22(17-33-15-19-13-9-10-14-21(19)41(33,39)40)31-28(38)32-24(18-11-7-6-8-12-18)26(35)34-16-20-23(30(20,4)5)25(34)27(36)37;1-3-5-7(10)8(12)9(13)11-6-4-2;/h9,13-14,18-19,24,26-27,29-33,46H,2,8,10-12,15-17,20-23H2,1,3-7H3,(H,40,48)(H,41,47)(H2,42,43,50);9-10,13-14,18,20,22-25H,6-8,11-12,15-17H2,1-5H3,(H,36,37)(H2,31,32,38);4,7-8,12H,2-3,5-6,10H2,1H3,(H,11,13);1H/t26-,27?,29+,30-,31-,32-,33?;20-,22+,23-,24-,25-;;/m00../s1. The molecule has 0 bridgehead atoms. The number of hydrogen-bond donors (Lipinski definition) is 11. The van der Waals surface area contributed by atoms with Gasteiger partial charge in [-0.1, -0.05) is 183 Å². The monoisotopic (exact) mass is 1570 g/mol. The maximum Gasteiger partial charge on any atom is 0.326 e. The number of sulfonamides is 2. The number of nitrogens with one attached hydrogen (secondary N) is 7. The van der Waals surface area contributed by atoms with Gasteiger partial charge in [-0.15, -0.1) is 25.6 Å². The summed E-state index contributed by atoms with van der Waals surface area (Å²) in [5.74, 6) is -3.29. The van der Waals surface area contributed by atoms with E-state index >= 15 is 0 Å². The van der Waals surface area contributed by atoms with Gasteiger partial charge >= 0.3 is 18.0 Å². The molecule has 30 heteroatoms. The second kappa shape index (κ2) is 36.6. The summed E-state index contributed by atoms with van der Waals surface area (Å²) in [6, 6.07) is 6.81. The molecule has 14 atom stereocenters. The Labute approximate surface area is 646 Å². The van der Waals surface area contributed by atoms with E-state index in [2.05, 4.69) is 78.1 Å². The number of halogens is 1. The van der Waals surface area contributed by atoms with Crippen molar-refractivity contribution in [3.8, 4) is 0 Å². The topological polar surface area (TPSA) is 389 Å². The van der Waals surface area contributed by atoms with Gasteiger partial charge < -0.3 is 68.1 Å². The highest BCUT2D eigenvalue weighted by molar-refractivity contribution is 7.89. The molecule has 10 rings (SSSR count). The van der Waals surface area contributed by atoms with Crippen molar-refractivity contribution in [3.63, 3.8) is 0 Å². The molecule has 6 fully saturated rings. The molecule has 0 aromatic heterocycles. The Morgan fingerprint density at radius 3 is 1.32 bits per heavy atom. The summed E-state index contributed by atoms with van der Waals surface area (Å²) in [4.78, 5) is 110. The van der Waals surface area contributed by atoms with E-state index in [4.69, 9.17) is 5.73 Å². The molecule has 4 heterocycles. The summed E-state index contributed by atoms with van der Waals surface area (Å²) < 4.78 is 56.0. The zero-order chi connectivity index (χ0) is 79.1. The van der Waals surface area contributed by atoms with E-state index in [1.165, 1.54) is 19.6 Å². The zero-order valence-electron chi connectivity index (χ0n) is 65.3. The van der Waals surface area contributed by atoms with Crippen molar-refractivity contribution < 1.29 is 70.5 Å². The molecule has 4 aliphatic carbocycles. The molecule has 0 spiro atoms. The van der Waals surface area contributed by atoms with Crippen LogP contribution in [0.1, 0.15) is 184 Å². The zero-order valence-corrected chi connectivity index (χ0v) is 67.8. The maximum atomic E-state index is 14.7. The summed E-state index contributed by atoms with van der Waals surface area (Å²) >= 11 is 0. The highest BCUT2D eigenvalue weighted by atomic mass is 35.5. The molecule has 108 heavy (non-hydrogen) atoms. The quantitative estimate of drug-likeness (QED) is 0.0405. The number of urea groups is 2. The third kappa shape index (κ3) is 20.3. The van der Waals surface area contributed by atoms with Crippen LogP contribution in [0.25, 0.3) is 0 Å². The minimum absolute atomic E-state index is 0. The number of aliphatic hydroxyl groups excluding tert-OH is 2. The van der Waals surface area contributed by atoms with E-state index in [9.17, 15) is 70.5 Å². The summed E-state index contributed by atoms with van der Waals surface area (Å²) in [6.07, 6.45) is 11.9. The second-order valence-electron chi connectivity index (χ2n) is 34.1. The third-order valence-corrected chi connectivity index (χ3v) is 27.7. The number of benzene rings is 2. The van der Waals surface area contributed by atoms with Crippen molar-refractivity contribution >= 4 is 80.0 Å². The fourth-order valence-corrected chi connectivity index (χ4v) is 20.4. The Kier molecular flexibility index (Phi) is 30.0. The molecule has 12 N–H and O–H groups in total. The minimum Gasteiger partial charge on any atom is -0.480 e. The van der Waals surface area contributed by atoms with E-state index in [1.807, 2.05) is 67.5 Å². The number of hydrogen-bond acceptors (Lipinski definition) is 15. The minimum atomic E-state index is -3.73. The molecule has 27 nitrogen and oxygen atoms in total. The number of aliphatic carboxylic acids is 1. The Morgan fingerprint density at radius 1 is 0.574 bits per heavy atom. The molecule has 4 aliphatic heterocycles. The molecular formula is C78H123ClN12O15S2. The number of rotatable bonds is 27. The highest BCUT2D eigenvalue weighted by Crippen LogP contribution is 2.66. The fraction of sp³-hybridized carbons (Fsp3) is 0.692. The number of carbonyl (C=O) groups excluding carboxylic acids is 7. The van der Waals surface area contributed by atoms with Gasteiger partial charge in [0.15, 0.2) is 6.10 Å². The molecule has 2 aromatic carbocycles.